The number of rotatable bonds is 8. The lowest BCUT2D eigenvalue weighted by Crippen LogP contribution is -2.34. The molecule has 2 aromatic carbocycles. The zero-order valence-corrected chi connectivity index (χ0v) is 15.5. The van der Waals surface area contributed by atoms with Gasteiger partial charge >= 0.3 is 0 Å². The number of benzene rings is 2. The number of nitrogens with two attached hydrogens (primary N) is 1. The highest BCUT2D eigenvalue weighted by atomic mass is 16.5. The van der Waals surface area contributed by atoms with Gasteiger partial charge in [-0.2, -0.15) is 0 Å². The molecule has 0 atom stereocenters. The average molecular weight is 378 g/mol. The van der Waals surface area contributed by atoms with E-state index in [0.717, 1.165) is 5.69 Å². The van der Waals surface area contributed by atoms with Gasteiger partial charge in [-0.25, -0.2) is 9.97 Å². The van der Waals surface area contributed by atoms with Crippen LogP contribution in [0.5, 0.6) is 5.75 Å². The van der Waals surface area contributed by atoms with E-state index in [0.29, 0.717) is 29.6 Å². The Kier molecular flexibility index (Phi) is 6.25. The van der Waals surface area contributed by atoms with Gasteiger partial charge in [-0.15, -0.1) is 0 Å². The predicted octanol–water partition coefficient (Wildman–Crippen LogP) is 2.74. The van der Waals surface area contributed by atoms with Gasteiger partial charge in [0.15, 0.2) is 18.2 Å². The van der Waals surface area contributed by atoms with E-state index in [4.69, 9.17) is 10.5 Å². The number of aromatic nitrogens is 2. The molecule has 3 aromatic rings. The van der Waals surface area contributed by atoms with Crippen LogP contribution in [0.2, 0.25) is 0 Å². The van der Waals surface area contributed by atoms with Gasteiger partial charge in [0, 0.05) is 12.2 Å². The van der Waals surface area contributed by atoms with Gasteiger partial charge in [-0.05, 0) is 31.2 Å². The molecule has 1 heterocycles. The third kappa shape index (κ3) is 4.67. The minimum Gasteiger partial charge on any atom is -0.484 e. The van der Waals surface area contributed by atoms with E-state index in [1.165, 1.54) is 6.33 Å². The second-order valence-electron chi connectivity index (χ2n) is 5.81. The number of hydrogen-bond donors (Lipinski definition) is 3. The quantitative estimate of drug-likeness (QED) is 0.518. The van der Waals surface area contributed by atoms with Crippen LogP contribution in [0.3, 0.4) is 0 Å². The van der Waals surface area contributed by atoms with Gasteiger partial charge in [0.25, 0.3) is 5.91 Å². The molecule has 0 fully saturated rings. The maximum absolute atomic E-state index is 12.0. The smallest absolute Gasteiger partial charge is 0.276 e. The molecular weight excluding hydrogens is 356 g/mol. The van der Waals surface area contributed by atoms with Crippen LogP contribution in [-0.4, -0.2) is 29.0 Å². The fourth-order valence-electron chi connectivity index (χ4n) is 2.59. The molecule has 8 nitrogen and oxygen atoms in total. The standard InChI is InChI=1S/C20H22N6O2/c1-2-26(15-9-5-3-6-10-15)20-18(21)19(22-14-23-20)25-24-17(27)13-28-16-11-7-4-8-12-16/h3-12,14H,2,13,21H2,1H3,(H,24,27)(H,22,23,25). The van der Waals surface area contributed by atoms with Crippen LogP contribution >= 0.6 is 0 Å². The Morgan fingerprint density at radius 3 is 2.43 bits per heavy atom. The summed E-state index contributed by atoms with van der Waals surface area (Å²) in [6.07, 6.45) is 1.40. The molecule has 0 unspecified atom stereocenters. The van der Waals surface area contributed by atoms with Gasteiger partial charge in [0.1, 0.15) is 17.8 Å². The number of nitrogens with one attached hydrogen (secondary N) is 2. The third-order valence-electron chi connectivity index (χ3n) is 3.94. The predicted molar refractivity (Wildman–Crippen MR) is 109 cm³/mol. The van der Waals surface area contributed by atoms with Crippen LogP contribution in [-0.2, 0) is 4.79 Å². The Bertz CT molecular complexity index is 905. The van der Waals surface area contributed by atoms with E-state index in [1.54, 1.807) is 12.1 Å². The number of hydrazine groups is 1. The summed E-state index contributed by atoms with van der Waals surface area (Å²) in [5.74, 6) is 1.12. The molecule has 1 aromatic heterocycles. The molecule has 0 aliphatic rings. The summed E-state index contributed by atoms with van der Waals surface area (Å²) in [5, 5.41) is 0. The number of amides is 1. The Hall–Kier alpha value is -3.81. The number of anilines is 4. The molecule has 28 heavy (non-hydrogen) atoms. The first-order chi connectivity index (χ1) is 13.7. The van der Waals surface area contributed by atoms with Crippen molar-refractivity contribution in [3.63, 3.8) is 0 Å². The van der Waals surface area contributed by atoms with Gasteiger partial charge < -0.3 is 15.4 Å². The first-order valence-corrected chi connectivity index (χ1v) is 8.84. The van der Waals surface area contributed by atoms with E-state index in [2.05, 4.69) is 20.8 Å². The highest BCUT2D eigenvalue weighted by Gasteiger charge is 2.16. The number of carbonyl (C=O) groups is 1. The van der Waals surface area contributed by atoms with Crippen molar-refractivity contribution in [2.45, 2.75) is 6.92 Å². The first-order valence-electron chi connectivity index (χ1n) is 8.84. The van der Waals surface area contributed by atoms with Crippen LogP contribution < -0.4 is 26.2 Å². The Morgan fingerprint density at radius 1 is 1.07 bits per heavy atom. The second-order valence-corrected chi connectivity index (χ2v) is 5.81. The summed E-state index contributed by atoms with van der Waals surface area (Å²) in [5.41, 5.74) is 12.8. The van der Waals surface area contributed by atoms with E-state index in [1.807, 2.05) is 60.4 Å². The lowest BCUT2D eigenvalue weighted by molar-refractivity contribution is -0.122. The van der Waals surface area contributed by atoms with E-state index >= 15 is 0 Å². The fourth-order valence-corrected chi connectivity index (χ4v) is 2.59. The van der Waals surface area contributed by atoms with E-state index < -0.39 is 0 Å². The molecule has 8 heteroatoms. The number of ether oxygens (including phenoxy) is 1. The van der Waals surface area contributed by atoms with Crippen molar-refractivity contribution in [2.24, 2.45) is 0 Å². The number of para-hydroxylation sites is 2. The number of carbonyl (C=O) groups excluding carboxylic acids is 1. The first kappa shape index (κ1) is 19.0. The topological polar surface area (TPSA) is 105 Å². The minimum atomic E-state index is -0.362. The zero-order valence-electron chi connectivity index (χ0n) is 15.5. The molecule has 144 valence electrons. The summed E-state index contributed by atoms with van der Waals surface area (Å²) in [4.78, 5) is 22.4. The Morgan fingerprint density at radius 2 is 1.75 bits per heavy atom. The molecule has 0 radical (unpaired) electrons. The molecule has 4 N–H and O–H groups in total. The number of hydrogen-bond acceptors (Lipinski definition) is 7. The lowest BCUT2D eigenvalue weighted by Gasteiger charge is -2.24. The van der Waals surface area contributed by atoms with Crippen molar-refractivity contribution < 1.29 is 9.53 Å². The highest BCUT2D eigenvalue weighted by molar-refractivity contribution is 5.82. The molecule has 0 bridgehead atoms. The largest absolute Gasteiger partial charge is 0.484 e. The fraction of sp³-hybridized carbons (Fsp3) is 0.150. The molecule has 3 rings (SSSR count). The summed E-state index contributed by atoms with van der Waals surface area (Å²) in [7, 11) is 0. The SMILES string of the molecule is CCN(c1ccccc1)c1ncnc(NNC(=O)COc2ccccc2)c1N. The van der Waals surface area contributed by atoms with Gasteiger partial charge in [-0.3, -0.25) is 15.6 Å². The molecule has 1 amide bonds. The molecule has 0 saturated carbocycles. The molecular formula is C20H22N6O2. The van der Waals surface area contributed by atoms with Crippen molar-refractivity contribution >= 4 is 28.9 Å². The van der Waals surface area contributed by atoms with Crippen LogP contribution in [0.1, 0.15) is 6.92 Å². The molecule has 0 aliphatic carbocycles. The average Bonchev–Trinajstić information content (AvgIpc) is 2.74. The van der Waals surface area contributed by atoms with Crippen molar-refractivity contribution in [1.82, 2.24) is 15.4 Å². The maximum atomic E-state index is 12.0. The summed E-state index contributed by atoms with van der Waals surface area (Å²) >= 11 is 0. The highest BCUT2D eigenvalue weighted by Crippen LogP contribution is 2.30. The Balaban J connectivity index is 1.65. The monoisotopic (exact) mass is 378 g/mol. The number of nitrogen functional groups attached to an aromatic ring is 1. The van der Waals surface area contributed by atoms with Crippen LogP contribution in [0.25, 0.3) is 0 Å². The third-order valence-corrected chi connectivity index (χ3v) is 3.94. The molecule has 0 aliphatic heterocycles. The van der Waals surface area contributed by atoms with E-state index in [9.17, 15) is 4.79 Å². The van der Waals surface area contributed by atoms with Crippen LogP contribution in [0.4, 0.5) is 23.0 Å². The zero-order chi connectivity index (χ0) is 19.8. The summed E-state index contributed by atoms with van der Waals surface area (Å²) < 4.78 is 5.40. The maximum Gasteiger partial charge on any atom is 0.276 e. The second kappa shape index (κ2) is 9.22. The van der Waals surface area contributed by atoms with Crippen LogP contribution in [0.15, 0.2) is 67.0 Å². The minimum absolute atomic E-state index is 0.139. The van der Waals surface area contributed by atoms with Crippen molar-refractivity contribution in [3.8, 4) is 5.75 Å². The molecule has 0 spiro atoms. The lowest BCUT2D eigenvalue weighted by atomic mass is 10.2. The molecule has 0 saturated heterocycles. The van der Waals surface area contributed by atoms with Crippen molar-refractivity contribution in [1.29, 1.82) is 0 Å². The summed E-state index contributed by atoms with van der Waals surface area (Å²) in [6.45, 7) is 2.53. The number of nitrogens with zero attached hydrogens (tertiary/aromatic N) is 3. The Labute approximate surface area is 163 Å². The van der Waals surface area contributed by atoms with Gasteiger partial charge in [0.05, 0.1) is 0 Å². The van der Waals surface area contributed by atoms with Crippen molar-refractivity contribution in [2.75, 3.05) is 29.2 Å². The van der Waals surface area contributed by atoms with Crippen LogP contribution in [0, 0.1) is 0 Å². The van der Waals surface area contributed by atoms with Crippen molar-refractivity contribution in [3.05, 3.63) is 67.0 Å². The normalized spacial score (nSPS) is 10.2. The van der Waals surface area contributed by atoms with Gasteiger partial charge in [-0.1, -0.05) is 36.4 Å². The van der Waals surface area contributed by atoms with Gasteiger partial charge in [0.2, 0.25) is 0 Å². The van der Waals surface area contributed by atoms with E-state index in [-0.39, 0.29) is 12.5 Å². The summed E-state index contributed by atoms with van der Waals surface area (Å²) in [6, 6.07) is 18.9.